The van der Waals surface area contributed by atoms with Crippen LogP contribution in [0.15, 0.2) is 60.7 Å². The minimum atomic E-state index is -2.14. The number of Topliss-reactive ketones (excluding diaryl/α,β-unsaturated/α-hetero) is 3. The molecule has 4 rings (SSSR count). The molecule has 0 unspecified atom stereocenters. The first-order valence-electron chi connectivity index (χ1n) is 10.00. The number of carbonyl (C=O) groups is 3. The number of hydrogen-bond acceptors (Lipinski definition) is 4. The minimum Gasteiger partial charge on any atom is -0.410 e. The van der Waals surface area contributed by atoms with Crippen LogP contribution in [0.4, 0.5) is 0 Å². The molecule has 2 aliphatic carbocycles. The second-order valence-electron chi connectivity index (χ2n) is 8.78. The summed E-state index contributed by atoms with van der Waals surface area (Å²) in [5.41, 5.74) is -0.400. The highest BCUT2D eigenvalue weighted by Gasteiger charge is 2.63. The number of rotatable bonds is 4. The predicted molar refractivity (Wildman–Crippen MR) is 126 cm³/mol. The van der Waals surface area contributed by atoms with Crippen LogP contribution >= 0.6 is 22.6 Å². The second kappa shape index (κ2) is 7.66. The molecule has 30 heavy (non-hydrogen) atoms. The minimum absolute atomic E-state index is 0.155. The van der Waals surface area contributed by atoms with Gasteiger partial charge in [-0.25, -0.2) is 0 Å². The highest BCUT2D eigenvalue weighted by molar-refractivity contribution is 14.1. The summed E-state index contributed by atoms with van der Waals surface area (Å²) in [6.07, 6.45) is 3.29. The van der Waals surface area contributed by atoms with Crippen molar-refractivity contribution >= 4 is 48.3 Å². The van der Waals surface area contributed by atoms with E-state index in [0.29, 0.717) is 23.1 Å². The third-order valence-electron chi connectivity index (χ3n) is 5.79. The molecule has 0 heterocycles. The SMILES string of the molecule is C[Si](C)(C)O[C@H]1C=CC[C@H]2C(=O)c3ccccc3C(=O)[C@@]12C(=O)c1ccccc1I. The van der Waals surface area contributed by atoms with Gasteiger partial charge in [-0.15, -0.1) is 0 Å². The standard InChI is InChI=1S/C24H23IO4Si/c1-30(2,3)29-20-14-8-12-18-21(26)15-9-4-5-10-16(15)22(27)24(18,20)23(28)17-11-6-7-13-19(17)25/h4-11,13-14,18,20H,12H2,1-3H3/t18-,20-,24-/m0/s1. The Morgan fingerprint density at radius 3 is 2.33 bits per heavy atom. The summed E-state index contributed by atoms with van der Waals surface area (Å²) in [4.78, 5) is 41.8. The van der Waals surface area contributed by atoms with Crippen molar-refractivity contribution in [3.8, 4) is 0 Å². The Balaban J connectivity index is 2.01. The van der Waals surface area contributed by atoms with E-state index >= 15 is 0 Å². The van der Waals surface area contributed by atoms with Crippen molar-refractivity contribution in [2.45, 2.75) is 32.2 Å². The van der Waals surface area contributed by atoms with Crippen LogP contribution in [0.2, 0.25) is 19.6 Å². The van der Waals surface area contributed by atoms with Crippen molar-refractivity contribution in [2.75, 3.05) is 0 Å². The number of fused-ring (bicyclic) bond motifs is 2. The zero-order valence-corrected chi connectivity index (χ0v) is 20.3. The largest absolute Gasteiger partial charge is 0.410 e. The molecule has 0 aromatic heterocycles. The number of carbonyl (C=O) groups excluding carboxylic acids is 3. The maximum Gasteiger partial charge on any atom is 0.184 e. The van der Waals surface area contributed by atoms with Gasteiger partial charge in [0, 0.05) is 26.2 Å². The van der Waals surface area contributed by atoms with Crippen molar-refractivity contribution in [1.29, 1.82) is 0 Å². The van der Waals surface area contributed by atoms with Crippen LogP contribution in [0.3, 0.4) is 0 Å². The first-order chi connectivity index (χ1) is 14.2. The van der Waals surface area contributed by atoms with Crippen LogP contribution in [0.1, 0.15) is 37.5 Å². The van der Waals surface area contributed by atoms with E-state index in [1.165, 1.54) is 0 Å². The van der Waals surface area contributed by atoms with E-state index in [9.17, 15) is 14.4 Å². The predicted octanol–water partition coefficient (Wildman–Crippen LogP) is 5.34. The summed E-state index contributed by atoms with van der Waals surface area (Å²) in [5.74, 6) is -1.55. The van der Waals surface area contributed by atoms with Gasteiger partial charge < -0.3 is 4.43 Å². The van der Waals surface area contributed by atoms with E-state index in [-0.39, 0.29) is 17.3 Å². The van der Waals surface area contributed by atoms with E-state index in [0.717, 1.165) is 3.57 Å². The van der Waals surface area contributed by atoms with Crippen LogP contribution in [0, 0.1) is 14.9 Å². The molecule has 4 nitrogen and oxygen atoms in total. The first-order valence-corrected chi connectivity index (χ1v) is 14.5. The van der Waals surface area contributed by atoms with E-state index in [4.69, 9.17) is 4.43 Å². The molecule has 0 aliphatic heterocycles. The molecular weight excluding hydrogens is 507 g/mol. The summed E-state index contributed by atoms with van der Waals surface area (Å²) in [5, 5.41) is 0. The van der Waals surface area contributed by atoms with Crippen molar-refractivity contribution in [1.82, 2.24) is 0 Å². The Kier molecular flexibility index (Phi) is 5.44. The second-order valence-corrected chi connectivity index (χ2v) is 14.4. The van der Waals surface area contributed by atoms with Gasteiger partial charge in [-0.1, -0.05) is 54.6 Å². The smallest absolute Gasteiger partial charge is 0.184 e. The number of halogens is 1. The topological polar surface area (TPSA) is 60.4 Å². The summed E-state index contributed by atoms with van der Waals surface area (Å²) in [6, 6.07) is 14.1. The average Bonchev–Trinajstić information content (AvgIpc) is 2.71. The summed E-state index contributed by atoms with van der Waals surface area (Å²) < 4.78 is 7.18. The van der Waals surface area contributed by atoms with E-state index in [2.05, 4.69) is 22.6 Å². The van der Waals surface area contributed by atoms with Gasteiger partial charge in [0.25, 0.3) is 0 Å². The Hall–Kier alpha value is -1.90. The summed E-state index contributed by atoms with van der Waals surface area (Å²) >= 11 is 2.11. The number of allylic oxidation sites excluding steroid dienone is 1. The molecule has 154 valence electrons. The highest BCUT2D eigenvalue weighted by Crippen LogP contribution is 2.51. The van der Waals surface area contributed by atoms with Crippen molar-refractivity contribution < 1.29 is 18.8 Å². The Bertz CT molecular complexity index is 1080. The molecule has 0 amide bonds. The molecule has 0 spiro atoms. The van der Waals surface area contributed by atoms with Crippen molar-refractivity contribution in [3.63, 3.8) is 0 Å². The first kappa shape index (κ1) is 21.3. The Labute approximate surface area is 191 Å². The van der Waals surface area contributed by atoms with Crippen LogP contribution in [0.25, 0.3) is 0 Å². The lowest BCUT2D eigenvalue weighted by Crippen LogP contribution is -2.61. The third-order valence-corrected chi connectivity index (χ3v) is 7.69. The number of ketones is 3. The summed E-state index contributed by atoms with van der Waals surface area (Å²) in [7, 11) is -2.14. The van der Waals surface area contributed by atoms with E-state index in [1.54, 1.807) is 36.4 Å². The fourth-order valence-corrected chi connectivity index (χ4v) is 6.21. The molecule has 2 aliphatic rings. The molecule has 0 saturated carbocycles. The average molecular weight is 530 g/mol. The molecule has 0 saturated heterocycles. The lowest BCUT2D eigenvalue weighted by Gasteiger charge is -2.48. The number of benzene rings is 2. The molecular formula is C24H23IO4Si. The lowest BCUT2D eigenvalue weighted by molar-refractivity contribution is 0.0169. The fourth-order valence-electron chi connectivity index (χ4n) is 4.55. The molecule has 0 bridgehead atoms. The normalized spacial score (nSPS) is 25.6. The van der Waals surface area contributed by atoms with E-state index < -0.39 is 25.8 Å². The van der Waals surface area contributed by atoms with Crippen LogP contribution in [0.5, 0.6) is 0 Å². The fraction of sp³-hybridized carbons (Fsp3) is 0.292. The number of hydrogen-bond donors (Lipinski definition) is 0. The van der Waals surface area contributed by atoms with Gasteiger partial charge in [-0.3, -0.25) is 14.4 Å². The Morgan fingerprint density at radius 2 is 1.67 bits per heavy atom. The van der Waals surface area contributed by atoms with E-state index in [1.807, 2.05) is 43.9 Å². The van der Waals surface area contributed by atoms with Gasteiger partial charge in [0.2, 0.25) is 0 Å². The van der Waals surface area contributed by atoms with Gasteiger partial charge in [-0.2, -0.15) is 0 Å². The zero-order chi connectivity index (χ0) is 21.7. The quantitative estimate of drug-likeness (QED) is 0.176. The molecule has 2 aromatic rings. The molecule has 0 radical (unpaired) electrons. The van der Waals surface area contributed by atoms with Gasteiger partial charge in [0.15, 0.2) is 25.7 Å². The van der Waals surface area contributed by atoms with Crippen LogP contribution < -0.4 is 0 Å². The zero-order valence-electron chi connectivity index (χ0n) is 17.1. The van der Waals surface area contributed by atoms with Crippen LogP contribution in [-0.4, -0.2) is 31.8 Å². The van der Waals surface area contributed by atoms with Crippen molar-refractivity contribution in [2.24, 2.45) is 11.3 Å². The Morgan fingerprint density at radius 1 is 1.03 bits per heavy atom. The highest BCUT2D eigenvalue weighted by atomic mass is 127. The van der Waals surface area contributed by atoms with Gasteiger partial charge >= 0.3 is 0 Å². The monoisotopic (exact) mass is 530 g/mol. The van der Waals surface area contributed by atoms with Gasteiger partial charge in [-0.05, 0) is 54.7 Å². The van der Waals surface area contributed by atoms with Crippen LogP contribution in [-0.2, 0) is 4.43 Å². The molecule has 6 heteroatoms. The van der Waals surface area contributed by atoms with Gasteiger partial charge in [0.05, 0.1) is 6.10 Å². The summed E-state index contributed by atoms with van der Waals surface area (Å²) in [6.45, 7) is 6.08. The lowest BCUT2D eigenvalue weighted by atomic mass is 9.54. The molecule has 3 atom stereocenters. The molecule has 0 fully saturated rings. The van der Waals surface area contributed by atoms with Gasteiger partial charge in [0.1, 0.15) is 5.41 Å². The molecule has 0 N–H and O–H groups in total. The maximum absolute atomic E-state index is 14.2. The molecule has 2 aromatic carbocycles. The third kappa shape index (κ3) is 3.25. The van der Waals surface area contributed by atoms with Crippen molar-refractivity contribution in [3.05, 3.63) is 80.9 Å². The maximum atomic E-state index is 14.2.